The van der Waals surface area contributed by atoms with E-state index in [2.05, 4.69) is 0 Å². The molecule has 0 unspecified atom stereocenters. The number of carbonyl (C=O) groups excluding carboxylic acids is 2. The molecule has 0 aliphatic rings. The van der Waals surface area contributed by atoms with Gasteiger partial charge in [0, 0.05) is 11.1 Å². The summed E-state index contributed by atoms with van der Waals surface area (Å²) in [4.78, 5) is 23.9. The predicted molar refractivity (Wildman–Crippen MR) is 91.6 cm³/mol. The number of rotatable bonds is 6. The van der Waals surface area contributed by atoms with Gasteiger partial charge in [0.25, 0.3) is 0 Å². The van der Waals surface area contributed by atoms with Crippen molar-refractivity contribution in [3.63, 3.8) is 0 Å². The fraction of sp³-hybridized carbons (Fsp3) is 0.176. The van der Waals surface area contributed by atoms with Gasteiger partial charge in [-0.05, 0) is 37.3 Å². The van der Waals surface area contributed by atoms with Gasteiger partial charge in [-0.2, -0.15) is 0 Å². The van der Waals surface area contributed by atoms with Crippen LogP contribution in [0.4, 0.5) is 0 Å². The van der Waals surface area contributed by atoms with Crippen LogP contribution in [0.1, 0.15) is 17.3 Å². The predicted octanol–water partition coefficient (Wildman–Crippen LogP) is 3.60. The van der Waals surface area contributed by atoms with E-state index in [4.69, 9.17) is 32.7 Å². The normalized spacial score (nSPS) is 11.6. The molecule has 0 fully saturated rings. The molecule has 0 amide bonds. The average molecular weight is 385 g/mol. The van der Waals surface area contributed by atoms with Crippen molar-refractivity contribution in [3.05, 3.63) is 52.0 Å². The van der Waals surface area contributed by atoms with Gasteiger partial charge in [0.2, 0.25) is 5.78 Å². The molecule has 8 heteroatoms. The van der Waals surface area contributed by atoms with Crippen LogP contribution in [0.5, 0.6) is 17.2 Å². The molecule has 2 aromatic rings. The van der Waals surface area contributed by atoms with Crippen molar-refractivity contribution >= 4 is 35.0 Å². The summed E-state index contributed by atoms with van der Waals surface area (Å²) in [5.74, 6) is -1.75. The molecule has 0 saturated carbocycles. The van der Waals surface area contributed by atoms with Gasteiger partial charge in [0.05, 0.1) is 10.6 Å². The molecule has 6 nitrogen and oxygen atoms in total. The van der Waals surface area contributed by atoms with E-state index in [9.17, 15) is 19.8 Å². The summed E-state index contributed by atoms with van der Waals surface area (Å²) in [6.07, 6.45) is -1.01. The van der Waals surface area contributed by atoms with Crippen molar-refractivity contribution in [2.24, 2.45) is 0 Å². The van der Waals surface area contributed by atoms with Crippen molar-refractivity contribution in [1.82, 2.24) is 0 Å². The standard InChI is InChI=1S/C17H14Cl2O6/c1-9(25-16-5-2-10(18)6-13(16)19)17(23)24-8-15(22)12-4-3-11(20)7-14(12)21/h2-7,9,20-21H,8H2,1H3/t9-/m1/s1. The van der Waals surface area contributed by atoms with Crippen LogP contribution in [0.3, 0.4) is 0 Å². The van der Waals surface area contributed by atoms with Gasteiger partial charge in [-0.3, -0.25) is 4.79 Å². The third-order valence-corrected chi connectivity index (χ3v) is 3.69. The van der Waals surface area contributed by atoms with Gasteiger partial charge in [0.1, 0.15) is 17.2 Å². The van der Waals surface area contributed by atoms with Crippen LogP contribution in [-0.2, 0) is 9.53 Å². The van der Waals surface area contributed by atoms with Crippen molar-refractivity contribution in [2.75, 3.05) is 6.61 Å². The first kappa shape index (κ1) is 18.9. The summed E-state index contributed by atoms with van der Waals surface area (Å²) in [5, 5.41) is 19.5. The summed E-state index contributed by atoms with van der Waals surface area (Å²) in [7, 11) is 0. The highest BCUT2D eigenvalue weighted by Gasteiger charge is 2.20. The van der Waals surface area contributed by atoms with Crippen molar-refractivity contribution in [1.29, 1.82) is 0 Å². The first-order valence-corrected chi connectivity index (χ1v) is 7.87. The van der Waals surface area contributed by atoms with Gasteiger partial charge >= 0.3 is 5.97 Å². The molecule has 0 bridgehead atoms. The molecular formula is C17H14Cl2O6. The van der Waals surface area contributed by atoms with E-state index in [1.807, 2.05) is 0 Å². The summed E-state index contributed by atoms with van der Waals surface area (Å²) >= 11 is 11.7. The molecule has 0 heterocycles. The fourth-order valence-corrected chi connectivity index (χ4v) is 2.35. The second-order valence-corrected chi connectivity index (χ2v) is 5.91. The van der Waals surface area contributed by atoms with Gasteiger partial charge in [-0.25, -0.2) is 4.79 Å². The van der Waals surface area contributed by atoms with E-state index in [0.29, 0.717) is 5.02 Å². The van der Waals surface area contributed by atoms with Crippen LogP contribution in [0, 0.1) is 0 Å². The van der Waals surface area contributed by atoms with Crippen LogP contribution < -0.4 is 4.74 Å². The second kappa shape index (κ2) is 8.09. The molecule has 25 heavy (non-hydrogen) atoms. The Morgan fingerprint density at radius 2 is 1.84 bits per heavy atom. The second-order valence-electron chi connectivity index (χ2n) is 5.07. The number of ether oxygens (including phenoxy) is 2. The minimum atomic E-state index is -1.01. The Morgan fingerprint density at radius 1 is 1.12 bits per heavy atom. The zero-order valence-corrected chi connectivity index (χ0v) is 14.5. The maximum Gasteiger partial charge on any atom is 0.347 e. The van der Waals surface area contributed by atoms with E-state index < -0.39 is 30.2 Å². The van der Waals surface area contributed by atoms with Crippen molar-refractivity contribution in [3.8, 4) is 17.2 Å². The highest BCUT2D eigenvalue weighted by atomic mass is 35.5. The molecule has 0 aromatic heterocycles. The smallest absolute Gasteiger partial charge is 0.347 e. The quantitative estimate of drug-likeness (QED) is 0.583. The first-order valence-electron chi connectivity index (χ1n) is 7.11. The molecular weight excluding hydrogens is 371 g/mol. The molecule has 0 aliphatic carbocycles. The number of esters is 1. The zero-order chi connectivity index (χ0) is 18.6. The minimum Gasteiger partial charge on any atom is -0.508 e. The van der Waals surface area contributed by atoms with Crippen LogP contribution >= 0.6 is 23.2 Å². The zero-order valence-electron chi connectivity index (χ0n) is 13.0. The number of halogens is 2. The van der Waals surface area contributed by atoms with E-state index >= 15 is 0 Å². The lowest BCUT2D eigenvalue weighted by atomic mass is 10.1. The van der Waals surface area contributed by atoms with Gasteiger partial charge in [0.15, 0.2) is 12.7 Å². The van der Waals surface area contributed by atoms with E-state index in [1.165, 1.54) is 31.2 Å². The minimum absolute atomic E-state index is 0.0695. The maximum atomic E-state index is 12.0. The molecule has 0 aliphatic heterocycles. The Hall–Kier alpha value is -2.44. The molecule has 0 saturated heterocycles. The molecule has 0 radical (unpaired) electrons. The molecule has 132 valence electrons. The highest BCUT2D eigenvalue weighted by molar-refractivity contribution is 6.35. The number of hydrogen-bond acceptors (Lipinski definition) is 6. The summed E-state index contributed by atoms with van der Waals surface area (Å²) in [6.45, 7) is 0.856. The highest BCUT2D eigenvalue weighted by Crippen LogP contribution is 2.28. The number of hydrogen-bond donors (Lipinski definition) is 2. The topological polar surface area (TPSA) is 93.1 Å². The Labute approximate surface area is 153 Å². The van der Waals surface area contributed by atoms with Crippen LogP contribution in [0.15, 0.2) is 36.4 Å². The van der Waals surface area contributed by atoms with E-state index in [-0.39, 0.29) is 22.1 Å². The lowest BCUT2D eigenvalue weighted by Crippen LogP contribution is -2.28. The third kappa shape index (κ3) is 5.01. The molecule has 1 atom stereocenters. The SMILES string of the molecule is C[C@@H](Oc1ccc(Cl)cc1Cl)C(=O)OCC(=O)c1ccc(O)cc1O. The van der Waals surface area contributed by atoms with Crippen molar-refractivity contribution < 1.29 is 29.3 Å². The van der Waals surface area contributed by atoms with Crippen molar-refractivity contribution in [2.45, 2.75) is 13.0 Å². The van der Waals surface area contributed by atoms with E-state index in [1.54, 1.807) is 6.07 Å². The number of ketones is 1. The van der Waals surface area contributed by atoms with Gasteiger partial charge in [-0.15, -0.1) is 0 Å². The number of phenols is 2. The molecule has 2 N–H and O–H groups in total. The van der Waals surface area contributed by atoms with E-state index in [0.717, 1.165) is 6.07 Å². The summed E-state index contributed by atoms with van der Waals surface area (Å²) in [6, 6.07) is 8.01. The molecule has 2 rings (SSSR count). The summed E-state index contributed by atoms with van der Waals surface area (Å²) < 4.78 is 10.3. The number of Topliss-reactive ketones (excluding diaryl/α,β-unsaturated/α-hetero) is 1. The van der Waals surface area contributed by atoms with Gasteiger partial charge < -0.3 is 19.7 Å². The summed E-state index contributed by atoms with van der Waals surface area (Å²) in [5.41, 5.74) is -0.0695. The fourth-order valence-electron chi connectivity index (χ4n) is 1.90. The Morgan fingerprint density at radius 3 is 2.48 bits per heavy atom. The number of benzene rings is 2. The third-order valence-electron chi connectivity index (χ3n) is 3.16. The van der Waals surface area contributed by atoms with Crippen LogP contribution in [0.25, 0.3) is 0 Å². The Balaban J connectivity index is 1.93. The Kier molecular flexibility index (Phi) is 6.12. The lowest BCUT2D eigenvalue weighted by Gasteiger charge is -2.15. The van der Waals surface area contributed by atoms with Gasteiger partial charge in [-0.1, -0.05) is 23.2 Å². The lowest BCUT2D eigenvalue weighted by molar-refractivity contribution is -0.149. The first-order chi connectivity index (χ1) is 11.8. The van der Waals surface area contributed by atoms with Crippen LogP contribution in [-0.4, -0.2) is 34.7 Å². The average Bonchev–Trinajstić information content (AvgIpc) is 2.54. The molecule has 2 aromatic carbocycles. The maximum absolute atomic E-state index is 12.0. The number of carbonyl (C=O) groups is 2. The number of phenolic OH excluding ortho intramolecular Hbond substituents is 2. The van der Waals surface area contributed by atoms with Crippen LogP contribution in [0.2, 0.25) is 10.0 Å². The molecule has 0 spiro atoms. The number of aromatic hydroxyl groups is 2. The monoisotopic (exact) mass is 384 g/mol. The Bertz CT molecular complexity index is 806. The largest absolute Gasteiger partial charge is 0.508 e.